The Kier molecular flexibility index (Phi) is 7.29. The number of furan rings is 1. The van der Waals surface area contributed by atoms with Gasteiger partial charge in [-0.25, -0.2) is 8.42 Å². The van der Waals surface area contributed by atoms with Crippen molar-refractivity contribution in [2.45, 2.75) is 69.6 Å². The summed E-state index contributed by atoms with van der Waals surface area (Å²) in [6.45, 7) is 4.66. The molecule has 1 aliphatic heterocycles. The molecule has 0 unspecified atom stereocenters. The maximum atomic E-state index is 13.2. The number of aromatic nitrogens is 3. The zero-order valence-corrected chi connectivity index (χ0v) is 20.4. The molecule has 4 rings (SSSR count). The van der Waals surface area contributed by atoms with E-state index in [0.29, 0.717) is 30.6 Å². The zero-order chi connectivity index (χ0) is 22.7. The minimum absolute atomic E-state index is 0.0384. The molecule has 1 amide bonds. The highest BCUT2D eigenvalue weighted by molar-refractivity contribution is 7.99. The van der Waals surface area contributed by atoms with Crippen LogP contribution in [0.25, 0.3) is 11.6 Å². The summed E-state index contributed by atoms with van der Waals surface area (Å²) in [4.78, 5) is 15.0. The molecule has 2 fully saturated rings. The molecule has 1 saturated heterocycles. The number of carbonyl (C=O) groups excluding carboxylic acids is 1. The van der Waals surface area contributed by atoms with Crippen molar-refractivity contribution in [3.8, 4) is 11.6 Å². The average Bonchev–Trinajstić information content (AvgIpc) is 3.50. The van der Waals surface area contributed by atoms with E-state index < -0.39 is 9.84 Å². The van der Waals surface area contributed by atoms with Gasteiger partial charge < -0.3 is 9.32 Å². The molecule has 32 heavy (non-hydrogen) atoms. The summed E-state index contributed by atoms with van der Waals surface area (Å²) in [6, 6.07) is 3.78. The SMILES string of the molecule is CC(C)CN(C(=O)CSc1nnc(-c2ccco2)n1C1CCCCC1)[C@@H]1CCS(=O)(=O)C1. The number of thioether (sulfide) groups is 1. The van der Waals surface area contributed by atoms with E-state index in [1.807, 2.05) is 26.0 Å². The second-order valence-corrected chi connectivity index (χ2v) is 12.4. The molecule has 176 valence electrons. The Balaban J connectivity index is 1.52. The fraction of sp³-hybridized carbons (Fsp3) is 0.682. The van der Waals surface area contributed by atoms with Crippen LogP contribution in [0.4, 0.5) is 0 Å². The van der Waals surface area contributed by atoms with Gasteiger partial charge in [0.1, 0.15) is 0 Å². The van der Waals surface area contributed by atoms with Crippen molar-refractivity contribution in [3.63, 3.8) is 0 Å². The normalized spacial score (nSPS) is 21.3. The molecule has 0 N–H and O–H groups in total. The molecule has 2 aromatic heterocycles. The molecule has 8 nitrogen and oxygen atoms in total. The van der Waals surface area contributed by atoms with E-state index in [1.54, 1.807) is 11.2 Å². The van der Waals surface area contributed by atoms with Crippen molar-refractivity contribution in [1.82, 2.24) is 19.7 Å². The molecule has 10 heteroatoms. The molecule has 1 saturated carbocycles. The van der Waals surface area contributed by atoms with E-state index in [4.69, 9.17) is 4.42 Å². The molecule has 0 bridgehead atoms. The van der Waals surface area contributed by atoms with Crippen LogP contribution in [0.5, 0.6) is 0 Å². The molecule has 0 radical (unpaired) electrons. The van der Waals surface area contributed by atoms with Gasteiger partial charge in [0, 0.05) is 18.6 Å². The average molecular weight is 481 g/mol. The van der Waals surface area contributed by atoms with Crippen molar-refractivity contribution >= 4 is 27.5 Å². The predicted octanol–water partition coefficient (Wildman–Crippen LogP) is 3.81. The van der Waals surface area contributed by atoms with Gasteiger partial charge in [-0.3, -0.25) is 9.36 Å². The van der Waals surface area contributed by atoms with Crippen molar-refractivity contribution in [1.29, 1.82) is 0 Å². The monoisotopic (exact) mass is 480 g/mol. The van der Waals surface area contributed by atoms with Crippen LogP contribution >= 0.6 is 11.8 Å². The summed E-state index contributed by atoms with van der Waals surface area (Å²) < 4.78 is 31.7. The van der Waals surface area contributed by atoms with Crippen molar-refractivity contribution in [2.24, 2.45) is 5.92 Å². The summed E-state index contributed by atoms with van der Waals surface area (Å²) in [6.07, 6.45) is 7.85. The largest absolute Gasteiger partial charge is 0.461 e. The smallest absolute Gasteiger partial charge is 0.233 e. The van der Waals surface area contributed by atoms with Crippen LogP contribution in [0.15, 0.2) is 28.0 Å². The summed E-state index contributed by atoms with van der Waals surface area (Å²) >= 11 is 1.39. The highest BCUT2D eigenvalue weighted by Gasteiger charge is 2.35. The second kappa shape index (κ2) is 9.99. The first-order valence-corrected chi connectivity index (χ1v) is 14.3. The highest BCUT2D eigenvalue weighted by atomic mass is 32.2. The van der Waals surface area contributed by atoms with Gasteiger partial charge >= 0.3 is 0 Å². The molecule has 0 aromatic carbocycles. The van der Waals surface area contributed by atoms with E-state index >= 15 is 0 Å². The van der Waals surface area contributed by atoms with E-state index in [-0.39, 0.29) is 35.1 Å². The fourth-order valence-corrected chi connectivity index (χ4v) is 7.32. The van der Waals surface area contributed by atoms with Crippen molar-refractivity contribution < 1.29 is 17.6 Å². The second-order valence-electron chi connectivity index (χ2n) is 9.23. The molecule has 2 aromatic rings. The highest BCUT2D eigenvalue weighted by Crippen LogP contribution is 2.36. The van der Waals surface area contributed by atoms with Crippen LogP contribution in [0.3, 0.4) is 0 Å². The Bertz CT molecular complexity index is 1010. The Morgan fingerprint density at radius 3 is 2.66 bits per heavy atom. The summed E-state index contributed by atoms with van der Waals surface area (Å²) in [5.41, 5.74) is 0. The van der Waals surface area contributed by atoms with Gasteiger partial charge in [-0.1, -0.05) is 44.9 Å². The third kappa shape index (κ3) is 5.39. The molecule has 1 aliphatic carbocycles. The van der Waals surface area contributed by atoms with Crippen LogP contribution in [-0.4, -0.2) is 63.8 Å². The molecular weight excluding hydrogens is 448 g/mol. The standard InChI is InChI=1S/C22H32N4O4S2/c1-16(2)13-25(18-10-12-32(28,29)15-18)20(27)14-31-22-24-23-21(19-9-6-11-30-19)26(22)17-7-4-3-5-8-17/h6,9,11,16-18H,3-5,7-8,10,12-15H2,1-2H3/t18-/m1/s1. The van der Waals surface area contributed by atoms with E-state index in [2.05, 4.69) is 14.8 Å². The van der Waals surface area contributed by atoms with Gasteiger partial charge in [0.25, 0.3) is 0 Å². The van der Waals surface area contributed by atoms with Gasteiger partial charge in [0.2, 0.25) is 11.7 Å². The first-order valence-electron chi connectivity index (χ1n) is 11.5. The molecule has 0 spiro atoms. The Hall–Kier alpha value is -1.81. The maximum Gasteiger partial charge on any atom is 0.233 e. The fourth-order valence-electron chi connectivity index (χ4n) is 4.70. The Morgan fingerprint density at radius 2 is 2.03 bits per heavy atom. The van der Waals surface area contributed by atoms with E-state index in [9.17, 15) is 13.2 Å². The third-order valence-corrected chi connectivity index (χ3v) is 8.88. The lowest BCUT2D eigenvalue weighted by molar-refractivity contribution is -0.130. The minimum Gasteiger partial charge on any atom is -0.461 e. The van der Waals surface area contributed by atoms with Gasteiger partial charge in [-0.2, -0.15) is 0 Å². The van der Waals surface area contributed by atoms with Crippen LogP contribution in [0, 0.1) is 5.92 Å². The zero-order valence-electron chi connectivity index (χ0n) is 18.8. The summed E-state index contributed by atoms with van der Waals surface area (Å²) in [5, 5.41) is 9.53. The Morgan fingerprint density at radius 1 is 1.25 bits per heavy atom. The summed E-state index contributed by atoms with van der Waals surface area (Å²) in [7, 11) is -3.06. The molecular formula is C22H32N4O4S2. The van der Waals surface area contributed by atoms with E-state index in [1.165, 1.54) is 31.0 Å². The molecule has 3 heterocycles. The Labute approximate surface area is 194 Å². The van der Waals surface area contributed by atoms with Gasteiger partial charge in [0.15, 0.2) is 20.8 Å². The minimum atomic E-state index is -3.06. The third-order valence-electron chi connectivity index (χ3n) is 6.20. The molecule has 1 atom stereocenters. The number of nitrogens with zero attached hydrogens (tertiary/aromatic N) is 4. The van der Waals surface area contributed by atoms with Gasteiger partial charge in [-0.05, 0) is 37.3 Å². The first kappa shape index (κ1) is 23.4. The predicted molar refractivity (Wildman–Crippen MR) is 124 cm³/mol. The maximum absolute atomic E-state index is 13.2. The van der Waals surface area contributed by atoms with Crippen LogP contribution < -0.4 is 0 Å². The van der Waals surface area contributed by atoms with Gasteiger partial charge in [-0.15, -0.1) is 10.2 Å². The van der Waals surface area contributed by atoms with Crippen LogP contribution in [0.2, 0.25) is 0 Å². The van der Waals surface area contributed by atoms with Crippen LogP contribution in [0.1, 0.15) is 58.4 Å². The number of carbonyl (C=O) groups is 1. The van der Waals surface area contributed by atoms with Crippen LogP contribution in [-0.2, 0) is 14.6 Å². The van der Waals surface area contributed by atoms with Gasteiger partial charge in [0.05, 0.1) is 23.5 Å². The molecule has 2 aliphatic rings. The lowest BCUT2D eigenvalue weighted by Crippen LogP contribution is -2.44. The number of rotatable bonds is 8. The number of hydrogen-bond donors (Lipinski definition) is 0. The number of amides is 1. The number of hydrogen-bond acceptors (Lipinski definition) is 7. The van der Waals surface area contributed by atoms with Crippen molar-refractivity contribution in [3.05, 3.63) is 18.4 Å². The number of sulfone groups is 1. The summed E-state index contributed by atoms with van der Waals surface area (Å²) in [5.74, 6) is 2.06. The quantitative estimate of drug-likeness (QED) is 0.530. The van der Waals surface area contributed by atoms with Crippen molar-refractivity contribution in [2.75, 3.05) is 23.8 Å². The lowest BCUT2D eigenvalue weighted by Gasteiger charge is -2.30. The lowest BCUT2D eigenvalue weighted by atomic mass is 9.95. The van der Waals surface area contributed by atoms with E-state index in [0.717, 1.165) is 18.0 Å². The topological polar surface area (TPSA) is 98.3 Å². The first-order chi connectivity index (χ1) is 15.3.